The summed E-state index contributed by atoms with van der Waals surface area (Å²) in [6.07, 6.45) is 0. The Balaban J connectivity index is 1.40. The van der Waals surface area contributed by atoms with Crippen LogP contribution in [-0.4, -0.2) is 4.57 Å². The van der Waals surface area contributed by atoms with Gasteiger partial charge in [0.25, 0.3) is 0 Å². The van der Waals surface area contributed by atoms with Gasteiger partial charge >= 0.3 is 0 Å². The molecule has 0 aliphatic heterocycles. The van der Waals surface area contributed by atoms with Crippen molar-refractivity contribution in [3.63, 3.8) is 0 Å². The quantitative estimate of drug-likeness (QED) is 0.219. The summed E-state index contributed by atoms with van der Waals surface area (Å²) in [7, 11) is 0. The summed E-state index contributed by atoms with van der Waals surface area (Å²) in [6, 6.07) is 46.1. The first kappa shape index (κ1) is 22.7. The Bertz CT molecular complexity index is 2340. The number of hydrogen-bond acceptors (Lipinski definition) is 1. The summed E-state index contributed by atoms with van der Waals surface area (Å²) in [5, 5.41) is 6.10. The van der Waals surface area contributed by atoms with E-state index in [2.05, 4.69) is 140 Å². The Morgan fingerprint density at radius 2 is 1.29 bits per heavy atom. The highest BCUT2D eigenvalue weighted by atomic mass is 16.3. The average molecular weight is 526 g/mol. The van der Waals surface area contributed by atoms with Crippen LogP contribution < -0.4 is 0 Å². The number of rotatable bonds is 2. The topological polar surface area (TPSA) is 18.1 Å². The van der Waals surface area contributed by atoms with Crippen LogP contribution in [0.15, 0.2) is 132 Å². The van der Waals surface area contributed by atoms with Crippen molar-refractivity contribution in [3.8, 4) is 27.9 Å². The van der Waals surface area contributed by atoms with E-state index in [1.54, 1.807) is 0 Å². The summed E-state index contributed by atoms with van der Waals surface area (Å²) in [5.74, 6) is 0. The molecule has 6 aromatic carbocycles. The summed E-state index contributed by atoms with van der Waals surface area (Å²) in [6.45, 7) is 4.74. The summed E-state index contributed by atoms with van der Waals surface area (Å²) < 4.78 is 8.98. The molecule has 8 aromatic rings. The van der Waals surface area contributed by atoms with E-state index in [4.69, 9.17) is 4.42 Å². The smallest absolute Gasteiger partial charge is 0.143 e. The van der Waals surface area contributed by atoms with Crippen LogP contribution in [0.5, 0.6) is 0 Å². The fraction of sp³-hybridized carbons (Fsp3) is 0.0769. The molecule has 1 aliphatic rings. The Kier molecular flexibility index (Phi) is 4.42. The van der Waals surface area contributed by atoms with Gasteiger partial charge in [-0.1, -0.05) is 117 Å². The first-order chi connectivity index (χ1) is 20.1. The third kappa shape index (κ3) is 2.97. The van der Waals surface area contributed by atoms with Crippen LogP contribution in [0.1, 0.15) is 25.1 Å². The molecule has 2 aromatic heterocycles. The van der Waals surface area contributed by atoms with Crippen LogP contribution in [0.4, 0.5) is 0 Å². The molecule has 0 atom stereocenters. The fourth-order valence-corrected chi connectivity index (χ4v) is 7.32. The molecule has 194 valence electrons. The zero-order chi connectivity index (χ0) is 27.3. The van der Waals surface area contributed by atoms with E-state index in [0.29, 0.717) is 0 Å². The molecule has 0 bridgehead atoms. The van der Waals surface area contributed by atoms with Gasteiger partial charge in [-0.15, -0.1) is 0 Å². The molecular weight excluding hydrogens is 498 g/mol. The lowest BCUT2D eigenvalue weighted by molar-refractivity contribution is 0.624. The van der Waals surface area contributed by atoms with Crippen LogP contribution in [0.25, 0.3) is 71.6 Å². The van der Waals surface area contributed by atoms with Gasteiger partial charge in [-0.05, 0) is 46.3 Å². The number of nitrogens with zero attached hydrogens (tertiary/aromatic N) is 1. The van der Waals surface area contributed by atoms with Gasteiger partial charge in [-0.25, -0.2) is 0 Å². The van der Waals surface area contributed by atoms with Crippen molar-refractivity contribution in [1.82, 2.24) is 4.57 Å². The Morgan fingerprint density at radius 1 is 0.585 bits per heavy atom. The normalized spacial score (nSPS) is 13.8. The molecule has 0 amide bonds. The minimum Gasteiger partial charge on any atom is -0.455 e. The lowest BCUT2D eigenvalue weighted by atomic mass is 9.85. The molecule has 2 heterocycles. The van der Waals surface area contributed by atoms with Crippen LogP contribution in [0.3, 0.4) is 0 Å². The summed E-state index contributed by atoms with van der Waals surface area (Å²) in [5.41, 5.74) is 11.9. The third-order valence-corrected chi connectivity index (χ3v) is 9.15. The molecule has 1 aliphatic carbocycles. The van der Waals surface area contributed by atoms with E-state index in [-0.39, 0.29) is 5.41 Å². The van der Waals surface area contributed by atoms with Crippen molar-refractivity contribution in [2.24, 2.45) is 0 Å². The van der Waals surface area contributed by atoms with Gasteiger partial charge in [0, 0.05) is 43.8 Å². The van der Waals surface area contributed by atoms with Crippen LogP contribution in [0, 0.1) is 0 Å². The van der Waals surface area contributed by atoms with Crippen molar-refractivity contribution in [2.45, 2.75) is 19.3 Å². The maximum atomic E-state index is 6.45. The van der Waals surface area contributed by atoms with E-state index in [1.807, 2.05) is 6.07 Å². The van der Waals surface area contributed by atoms with E-state index in [9.17, 15) is 0 Å². The Hall–Kier alpha value is -5.08. The summed E-state index contributed by atoms with van der Waals surface area (Å²) >= 11 is 0. The maximum absolute atomic E-state index is 6.45. The molecule has 0 N–H and O–H groups in total. The van der Waals surface area contributed by atoms with Crippen LogP contribution in [0.2, 0.25) is 0 Å². The van der Waals surface area contributed by atoms with Crippen molar-refractivity contribution >= 4 is 43.6 Å². The van der Waals surface area contributed by atoms with E-state index >= 15 is 0 Å². The second kappa shape index (κ2) is 7.99. The number of hydrogen-bond donors (Lipinski definition) is 0. The average Bonchev–Trinajstić information content (AvgIpc) is 3.63. The maximum Gasteiger partial charge on any atom is 0.143 e. The van der Waals surface area contributed by atoms with E-state index in [0.717, 1.165) is 27.5 Å². The first-order valence-electron chi connectivity index (χ1n) is 14.3. The predicted octanol–water partition coefficient (Wildman–Crippen LogP) is 10.7. The van der Waals surface area contributed by atoms with Crippen molar-refractivity contribution in [3.05, 3.63) is 139 Å². The highest BCUT2D eigenvalue weighted by molar-refractivity contribution is 6.11. The molecule has 41 heavy (non-hydrogen) atoms. The molecule has 9 rings (SSSR count). The minimum absolute atomic E-state index is 0.152. The standard InChI is InChI=1S/C39H27NO/c1-39(2)32-18-7-5-15-30(32)36-31-23-25(27-16-10-17-29-28-14-6-8-20-35(28)41-37(27)29)21-22-34(31)40(38(36)39)33-19-9-12-24-11-3-4-13-26(24)33/h3-23H,1-2H3. The number of fused-ring (bicyclic) bond motifs is 9. The predicted molar refractivity (Wildman–Crippen MR) is 171 cm³/mol. The second-order valence-corrected chi connectivity index (χ2v) is 11.7. The Labute approximate surface area is 238 Å². The molecule has 0 spiro atoms. The Morgan fingerprint density at radius 3 is 2.22 bits per heavy atom. The van der Waals surface area contributed by atoms with Crippen LogP contribution in [-0.2, 0) is 5.41 Å². The van der Waals surface area contributed by atoms with Gasteiger partial charge in [-0.3, -0.25) is 0 Å². The van der Waals surface area contributed by atoms with Gasteiger partial charge in [0.1, 0.15) is 11.2 Å². The number of furan rings is 1. The number of aromatic nitrogens is 1. The summed E-state index contributed by atoms with van der Waals surface area (Å²) in [4.78, 5) is 0. The van der Waals surface area contributed by atoms with Crippen molar-refractivity contribution in [2.75, 3.05) is 0 Å². The van der Waals surface area contributed by atoms with Crippen LogP contribution >= 0.6 is 0 Å². The lowest BCUT2D eigenvalue weighted by Crippen LogP contribution is -2.19. The second-order valence-electron chi connectivity index (χ2n) is 11.7. The fourth-order valence-electron chi connectivity index (χ4n) is 7.32. The molecule has 0 fully saturated rings. The lowest BCUT2D eigenvalue weighted by Gasteiger charge is -2.25. The first-order valence-corrected chi connectivity index (χ1v) is 14.3. The highest BCUT2D eigenvalue weighted by Gasteiger charge is 2.41. The minimum atomic E-state index is -0.152. The zero-order valence-corrected chi connectivity index (χ0v) is 23.0. The molecule has 0 saturated heterocycles. The van der Waals surface area contributed by atoms with Crippen molar-refractivity contribution in [1.29, 1.82) is 0 Å². The molecule has 2 heteroatoms. The van der Waals surface area contributed by atoms with E-state index in [1.165, 1.54) is 55.3 Å². The molecule has 0 radical (unpaired) electrons. The van der Waals surface area contributed by atoms with Gasteiger partial charge in [0.15, 0.2) is 0 Å². The van der Waals surface area contributed by atoms with Gasteiger partial charge in [0.05, 0.1) is 11.2 Å². The van der Waals surface area contributed by atoms with Crippen molar-refractivity contribution < 1.29 is 4.42 Å². The van der Waals surface area contributed by atoms with Gasteiger partial charge in [-0.2, -0.15) is 0 Å². The highest BCUT2D eigenvalue weighted by Crippen LogP contribution is 2.54. The monoisotopic (exact) mass is 525 g/mol. The molecule has 0 saturated carbocycles. The molecular formula is C39H27NO. The molecule has 0 unspecified atom stereocenters. The SMILES string of the molecule is CC1(C)c2ccccc2-c2c1n(-c1cccc3ccccc13)c1ccc(-c3cccc4c3oc3ccccc34)cc21. The van der Waals surface area contributed by atoms with Gasteiger partial charge < -0.3 is 8.98 Å². The molecule has 2 nitrogen and oxygen atoms in total. The number of para-hydroxylation sites is 2. The zero-order valence-electron chi connectivity index (χ0n) is 23.0. The third-order valence-electron chi connectivity index (χ3n) is 9.15. The largest absolute Gasteiger partial charge is 0.455 e. The number of benzene rings is 6. The van der Waals surface area contributed by atoms with Gasteiger partial charge in [0.2, 0.25) is 0 Å². The van der Waals surface area contributed by atoms with E-state index < -0.39 is 0 Å².